The SMILES string of the molecule is COCCN(CCCCc1ccc2c(n1)NCCC2)CCC(NC(=O)C(NC(=O)OC)C(C)C)C(=O)O. The van der Waals surface area contributed by atoms with Crippen LogP contribution in [0.5, 0.6) is 0 Å². The van der Waals surface area contributed by atoms with Crippen LogP contribution >= 0.6 is 0 Å². The quantitative estimate of drug-likeness (QED) is 0.240. The molecule has 0 radical (unpaired) electrons. The van der Waals surface area contributed by atoms with Crippen LogP contribution in [0.3, 0.4) is 0 Å². The maximum atomic E-state index is 12.7. The molecule has 1 aliphatic rings. The highest BCUT2D eigenvalue weighted by Gasteiger charge is 2.29. The highest BCUT2D eigenvalue weighted by molar-refractivity contribution is 5.89. The van der Waals surface area contributed by atoms with Gasteiger partial charge in [0.2, 0.25) is 5.91 Å². The molecule has 0 spiro atoms. The molecule has 208 valence electrons. The van der Waals surface area contributed by atoms with Gasteiger partial charge in [0, 0.05) is 32.4 Å². The molecule has 4 N–H and O–H groups in total. The minimum Gasteiger partial charge on any atom is -0.480 e. The van der Waals surface area contributed by atoms with Gasteiger partial charge in [-0.05, 0) is 62.6 Å². The van der Waals surface area contributed by atoms with E-state index in [2.05, 4.69) is 37.7 Å². The molecular formula is C26H43N5O6. The van der Waals surface area contributed by atoms with Crippen LogP contribution in [0, 0.1) is 5.92 Å². The van der Waals surface area contributed by atoms with Crippen molar-refractivity contribution >= 4 is 23.8 Å². The minimum absolute atomic E-state index is 0.228. The fourth-order valence-electron chi connectivity index (χ4n) is 4.26. The van der Waals surface area contributed by atoms with E-state index in [1.165, 1.54) is 12.7 Å². The van der Waals surface area contributed by atoms with E-state index in [9.17, 15) is 19.5 Å². The Balaban J connectivity index is 1.86. The summed E-state index contributed by atoms with van der Waals surface area (Å²) in [5, 5.41) is 18.1. The van der Waals surface area contributed by atoms with Crippen LogP contribution < -0.4 is 16.0 Å². The van der Waals surface area contributed by atoms with Crippen molar-refractivity contribution < 1.29 is 29.0 Å². The second-order valence-corrected chi connectivity index (χ2v) is 9.68. The predicted molar refractivity (Wildman–Crippen MR) is 141 cm³/mol. The fourth-order valence-corrected chi connectivity index (χ4v) is 4.26. The number of aromatic nitrogens is 1. The van der Waals surface area contributed by atoms with Crippen molar-refractivity contribution in [2.45, 2.75) is 64.5 Å². The van der Waals surface area contributed by atoms with Crippen LogP contribution in [0.2, 0.25) is 0 Å². The number of carboxylic acids is 1. The Morgan fingerprint density at radius 3 is 2.59 bits per heavy atom. The van der Waals surface area contributed by atoms with Gasteiger partial charge in [0.25, 0.3) is 0 Å². The van der Waals surface area contributed by atoms with Gasteiger partial charge in [0.1, 0.15) is 17.9 Å². The summed E-state index contributed by atoms with van der Waals surface area (Å²) >= 11 is 0. The Hall–Kier alpha value is -2.92. The van der Waals surface area contributed by atoms with Gasteiger partial charge in [-0.1, -0.05) is 19.9 Å². The molecule has 1 aromatic rings. The Bertz CT molecular complexity index is 881. The number of hydrogen-bond donors (Lipinski definition) is 4. The average Bonchev–Trinajstić information content (AvgIpc) is 2.89. The number of rotatable bonds is 16. The number of alkyl carbamates (subject to hydrolysis) is 1. The topological polar surface area (TPSA) is 142 Å². The number of nitrogens with zero attached hydrogens (tertiary/aromatic N) is 2. The lowest BCUT2D eigenvalue weighted by atomic mass is 10.0. The molecule has 2 heterocycles. The van der Waals surface area contributed by atoms with Gasteiger partial charge >= 0.3 is 12.1 Å². The molecule has 0 saturated heterocycles. The first-order valence-corrected chi connectivity index (χ1v) is 13.1. The summed E-state index contributed by atoms with van der Waals surface area (Å²) in [5.41, 5.74) is 2.35. The molecule has 0 fully saturated rings. The molecule has 0 aliphatic carbocycles. The van der Waals surface area contributed by atoms with E-state index in [1.54, 1.807) is 21.0 Å². The Kier molecular flexibility index (Phi) is 13.1. The van der Waals surface area contributed by atoms with Crippen LogP contribution in [0.15, 0.2) is 12.1 Å². The van der Waals surface area contributed by atoms with Crippen molar-refractivity contribution in [3.05, 3.63) is 23.4 Å². The number of ether oxygens (including phenoxy) is 2. The van der Waals surface area contributed by atoms with Crippen molar-refractivity contribution in [2.24, 2.45) is 5.92 Å². The second-order valence-electron chi connectivity index (χ2n) is 9.68. The number of pyridine rings is 1. The summed E-state index contributed by atoms with van der Waals surface area (Å²) < 4.78 is 9.81. The number of anilines is 1. The third-order valence-electron chi connectivity index (χ3n) is 6.48. The summed E-state index contributed by atoms with van der Waals surface area (Å²) in [6.45, 7) is 6.95. The lowest BCUT2D eigenvalue weighted by Crippen LogP contribution is -2.54. The van der Waals surface area contributed by atoms with E-state index in [4.69, 9.17) is 9.72 Å². The number of unbranched alkanes of at least 4 members (excludes halogenated alkanes) is 1. The van der Waals surface area contributed by atoms with E-state index in [1.807, 2.05) is 0 Å². The monoisotopic (exact) mass is 521 g/mol. The third kappa shape index (κ3) is 10.5. The first-order chi connectivity index (χ1) is 17.7. The predicted octanol–water partition coefficient (Wildman–Crippen LogP) is 2.05. The maximum absolute atomic E-state index is 12.7. The lowest BCUT2D eigenvalue weighted by molar-refractivity contribution is -0.142. The number of aryl methyl sites for hydroxylation is 2. The van der Waals surface area contributed by atoms with Gasteiger partial charge in [-0.25, -0.2) is 14.6 Å². The number of fused-ring (bicyclic) bond motifs is 1. The maximum Gasteiger partial charge on any atom is 0.407 e. The first-order valence-electron chi connectivity index (χ1n) is 13.1. The zero-order chi connectivity index (χ0) is 27.2. The highest BCUT2D eigenvalue weighted by atomic mass is 16.5. The molecule has 37 heavy (non-hydrogen) atoms. The molecule has 1 aliphatic heterocycles. The van der Waals surface area contributed by atoms with Gasteiger partial charge in [-0.15, -0.1) is 0 Å². The van der Waals surface area contributed by atoms with Crippen LogP contribution in [0.4, 0.5) is 10.6 Å². The number of aliphatic carboxylic acids is 1. The van der Waals surface area contributed by atoms with E-state index in [0.717, 1.165) is 56.7 Å². The van der Waals surface area contributed by atoms with Crippen molar-refractivity contribution in [3.8, 4) is 0 Å². The normalized spacial score (nSPS) is 14.4. The minimum atomic E-state index is -1.12. The summed E-state index contributed by atoms with van der Waals surface area (Å²) in [6.07, 6.45) is 4.47. The zero-order valence-corrected chi connectivity index (χ0v) is 22.5. The number of carboxylic acid groups (broad SMARTS) is 1. The van der Waals surface area contributed by atoms with Gasteiger partial charge < -0.3 is 35.4 Å². The van der Waals surface area contributed by atoms with Crippen LogP contribution in [-0.4, -0.2) is 92.0 Å². The second kappa shape index (κ2) is 16.0. The summed E-state index contributed by atoms with van der Waals surface area (Å²) in [6, 6.07) is 2.30. The van der Waals surface area contributed by atoms with Crippen LogP contribution in [-0.2, 0) is 31.9 Å². The first kappa shape index (κ1) is 30.3. The van der Waals surface area contributed by atoms with E-state index in [-0.39, 0.29) is 12.3 Å². The van der Waals surface area contributed by atoms with Crippen molar-refractivity contribution in [1.29, 1.82) is 0 Å². The summed E-state index contributed by atoms with van der Waals surface area (Å²) in [4.78, 5) is 43.1. The Morgan fingerprint density at radius 1 is 1.14 bits per heavy atom. The molecule has 11 nitrogen and oxygen atoms in total. The summed E-state index contributed by atoms with van der Waals surface area (Å²) in [7, 11) is 2.84. The van der Waals surface area contributed by atoms with Crippen LogP contribution in [0.1, 0.15) is 50.8 Å². The number of hydrogen-bond acceptors (Lipinski definition) is 8. The molecule has 11 heteroatoms. The molecule has 0 bridgehead atoms. The van der Waals surface area contributed by atoms with Crippen LogP contribution in [0.25, 0.3) is 0 Å². The van der Waals surface area contributed by atoms with E-state index < -0.39 is 30.1 Å². The molecule has 2 atom stereocenters. The van der Waals surface area contributed by atoms with Gasteiger partial charge in [0.15, 0.2) is 0 Å². The Morgan fingerprint density at radius 2 is 1.92 bits per heavy atom. The van der Waals surface area contributed by atoms with Crippen molar-refractivity contribution in [3.63, 3.8) is 0 Å². The van der Waals surface area contributed by atoms with E-state index in [0.29, 0.717) is 19.7 Å². The van der Waals surface area contributed by atoms with Gasteiger partial charge in [-0.3, -0.25) is 4.79 Å². The largest absolute Gasteiger partial charge is 0.480 e. The standard InChI is InChI=1S/C26H43N5O6/c1-18(2)22(30-26(35)37-4)24(32)29-21(25(33)34)12-15-31(16-17-36-3)14-6-5-9-20-11-10-19-8-7-13-27-23(19)28-20/h10-11,18,21-22H,5-9,12-17H2,1-4H3,(H,27,28)(H,29,32)(H,30,35)(H,33,34). The fraction of sp³-hybridized carbons (Fsp3) is 0.692. The lowest BCUT2D eigenvalue weighted by Gasteiger charge is -2.26. The summed E-state index contributed by atoms with van der Waals surface area (Å²) in [5.74, 6) is -0.906. The average molecular weight is 522 g/mol. The van der Waals surface area contributed by atoms with Gasteiger partial charge in [-0.2, -0.15) is 0 Å². The van der Waals surface area contributed by atoms with E-state index >= 15 is 0 Å². The highest BCUT2D eigenvalue weighted by Crippen LogP contribution is 2.20. The Labute approximate surface area is 219 Å². The number of carbonyl (C=O) groups excluding carboxylic acids is 2. The molecule has 2 amide bonds. The molecule has 0 aromatic carbocycles. The zero-order valence-electron chi connectivity index (χ0n) is 22.5. The molecule has 0 saturated carbocycles. The van der Waals surface area contributed by atoms with Gasteiger partial charge in [0.05, 0.1) is 13.7 Å². The third-order valence-corrected chi connectivity index (χ3v) is 6.48. The van der Waals surface area contributed by atoms with Crippen molar-refractivity contribution in [2.75, 3.05) is 52.3 Å². The molecule has 2 rings (SSSR count). The molecule has 1 aromatic heterocycles. The smallest absolute Gasteiger partial charge is 0.407 e. The number of nitrogens with one attached hydrogen (secondary N) is 3. The van der Waals surface area contributed by atoms with Crippen molar-refractivity contribution in [1.82, 2.24) is 20.5 Å². The number of carbonyl (C=O) groups is 3. The number of amides is 2. The number of methoxy groups -OCH3 is 2. The molecular weight excluding hydrogens is 478 g/mol. The molecule has 2 unspecified atom stereocenters.